The number of alkyl halides is 3. The number of carbonyl (C=O) groups is 1. The summed E-state index contributed by atoms with van der Waals surface area (Å²) in [4.78, 5) is 11.0. The van der Waals surface area contributed by atoms with Crippen LogP contribution in [0.1, 0.15) is 27.2 Å². The fraction of sp³-hybridized carbons (Fsp3) is 0.889. The molecule has 5 heteroatoms. The van der Waals surface area contributed by atoms with Gasteiger partial charge in [-0.15, -0.1) is 0 Å². The Labute approximate surface area is 81.1 Å². The topological polar surface area (TPSA) is 37.3 Å². The molecule has 84 valence electrons. The van der Waals surface area contributed by atoms with Gasteiger partial charge in [0.25, 0.3) is 0 Å². The molecule has 2 nitrogen and oxygen atoms in total. The second-order valence-electron chi connectivity index (χ2n) is 3.75. The number of aliphatic hydroxyl groups excluding tert-OH is 1. The molecular weight excluding hydrogens is 197 g/mol. The van der Waals surface area contributed by atoms with Gasteiger partial charge >= 0.3 is 6.18 Å². The minimum absolute atomic E-state index is 0.190. The molecule has 0 bridgehead atoms. The molecule has 0 amide bonds. The van der Waals surface area contributed by atoms with Gasteiger partial charge in [0, 0.05) is 5.92 Å². The van der Waals surface area contributed by atoms with Gasteiger partial charge in [-0.2, -0.15) is 13.2 Å². The molecule has 0 aromatic rings. The maximum atomic E-state index is 12.0. The second kappa shape index (κ2) is 4.77. The van der Waals surface area contributed by atoms with Crippen molar-refractivity contribution in [3.05, 3.63) is 0 Å². The van der Waals surface area contributed by atoms with Gasteiger partial charge in [-0.05, 0) is 19.3 Å². The van der Waals surface area contributed by atoms with Gasteiger partial charge in [-0.3, -0.25) is 4.79 Å². The standard InChI is InChI=1S/C9H15F3O2/c1-5(2)7(6(3)13)4-8(14)9(10,11)12/h5,7-8,14H,4H2,1-3H3. The normalized spacial score (nSPS) is 16.9. The summed E-state index contributed by atoms with van der Waals surface area (Å²) in [5.74, 6) is -1.24. The number of hydrogen-bond acceptors (Lipinski definition) is 2. The molecule has 0 heterocycles. The fourth-order valence-corrected chi connectivity index (χ4v) is 1.28. The molecular formula is C9H15F3O2. The van der Waals surface area contributed by atoms with Crippen LogP contribution in [-0.4, -0.2) is 23.2 Å². The minimum Gasteiger partial charge on any atom is -0.384 e. The van der Waals surface area contributed by atoms with Crippen LogP contribution < -0.4 is 0 Å². The van der Waals surface area contributed by atoms with E-state index in [2.05, 4.69) is 0 Å². The van der Waals surface area contributed by atoms with Gasteiger partial charge in [-0.1, -0.05) is 13.8 Å². The Morgan fingerprint density at radius 1 is 1.36 bits per heavy atom. The van der Waals surface area contributed by atoms with E-state index in [1.807, 2.05) is 0 Å². The highest BCUT2D eigenvalue weighted by Crippen LogP contribution is 2.28. The van der Waals surface area contributed by atoms with Gasteiger partial charge in [0.1, 0.15) is 5.78 Å². The molecule has 2 atom stereocenters. The number of Topliss-reactive ketones (excluding diaryl/α,β-unsaturated/α-hetero) is 1. The summed E-state index contributed by atoms with van der Waals surface area (Å²) < 4.78 is 35.9. The van der Waals surface area contributed by atoms with Crippen molar-refractivity contribution in [3.8, 4) is 0 Å². The van der Waals surface area contributed by atoms with E-state index in [-0.39, 0.29) is 11.7 Å². The zero-order chi connectivity index (χ0) is 11.5. The molecule has 0 aromatic carbocycles. The molecule has 0 aliphatic carbocycles. The number of hydrogen-bond donors (Lipinski definition) is 1. The van der Waals surface area contributed by atoms with Gasteiger partial charge in [0.15, 0.2) is 6.10 Å². The van der Waals surface area contributed by atoms with Crippen LogP contribution in [0.15, 0.2) is 0 Å². The maximum absolute atomic E-state index is 12.0. The number of ketones is 1. The lowest BCUT2D eigenvalue weighted by molar-refractivity contribution is -0.209. The summed E-state index contributed by atoms with van der Waals surface area (Å²) in [5.41, 5.74) is 0. The minimum atomic E-state index is -4.64. The van der Waals surface area contributed by atoms with E-state index in [4.69, 9.17) is 5.11 Å². The third-order valence-electron chi connectivity index (χ3n) is 2.18. The Morgan fingerprint density at radius 2 is 1.79 bits per heavy atom. The van der Waals surface area contributed by atoms with Crippen molar-refractivity contribution in [3.63, 3.8) is 0 Å². The molecule has 2 unspecified atom stereocenters. The first-order chi connectivity index (χ1) is 6.16. The number of rotatable bonds is 4. The van der Waals surface area contributed by atoms with Crippen molar-refractivity contribution < 1.29 is 23.1 Å². The molecule has 0 aliphatic heterocycles. The lowest BCUT2D eigenvalue weighted by atomic mass is 9.87. The highest BCUT2D eigenvalue weighted by atomic mass is 19.4. The van der Waals surface area contributed by atoms with Crippen LogP contribution in [0.5, 0.6) is 0 Å². The van der Waals surface area contributed by atoms with Gasteiger partial charge in [0.2, 0.25) is 0 Å². The smallest absolute Gasteiger partial charge is 0.384 e. The largest absolute Gasteiger partial charge is 0.414 e. The Kier molecular flexibility index (Phi) is 4.58. The number of aliphatic hydroxyl groups is 1. The highest BCUT2D eigenvalue weighted by molar-refractivity contribution is 5.78. The van der Waals surface area contributed by atoms with Crippen LogP contribution in [0.4, 0.5) is 13.2 Å². The highest BCUT2D eigenvalue weighted by Gasteiger charge is 2.40. The summed E-state index contributed by atoms with van der Waals surface area (Å²) in [6.45, 7) is 4.57. The predicted molar refractivity (Wildman–Crippen MR) is 45.7 cm³/mol. The van der Waals surface area contributed by atoms with Crippen LogP contribution in [0.2, 0.25) is 0 Å². The van der Waals surface area contributed by atoms with Gasteiger partial charge in [-0.25, -0.2) is 0 Å². The average Bonchev–Trinajstić information content (AvgIpc) is 1.96. The number of carbonyl (C=O) groups excluding carboxylic acids is 1. The van der Waals surface area contributed by atoms with Gasteiger partial charge in [0.05, 0.1) is 0 Å². The molecule has 0 saturated carbocycles. The van der Waals surface area contributed by atoms with Crippen molar-refractivity contribution >= 4 is 5.78 Å². The lowest BCUT2D eigenvalue weighted by Crippen LogP contribution is -2.34. The first kappa shape index (κ1) is 13.4. The van der Waals surface area contributed by atoms with Crippen molar-refractivity contribution in [1.29, 1.82) is 0 Å². The van der Waals surface area contributed by atoms with E-state index in [1.165, 1.54) is 6.92 Å². The molecule has 0 aromatic heterocycles. The van der Waals surface area contributed by atoms with Crippen LogP contribution in [-0.2, 0) is 4.79 Å². The summed E-state index contributed by atoms with van der Waals surface area (Å²) in [7, 11) is 0. The van der Waals surface area contributed by atoms with E-state index >= 15 is 0 Å². The van der Waals surface area contributed by atoms with E-state index in [9.17, 15) is 18.0 Å². The van der Waals surface area contributed by atoms with Crippen molar-refractivity contribution in [2.45, 2.75) is 39.5 Å². The maximum Gasteiger partial charge on any atom is 0.414 e. The first-order valence-corrected chi connectivity index (χ1v) is 4.41. The summed E-state index contributed by atoms with van der Waals surface area (Å²) >= 11 is 0. The van der Waals surface area contributed by atoms with Crippen molar-refractivity contribution in [2.75, 3.05) is 0 Å². The third-order valence-corrected chi connectivity index (χ3v) is 2.18. The van der Waals surface area contributed by atoms with Crippen LogP contribution >= 0.6 is 0 Å². The van der Waals surface area contributed by atoms with E-state index < -0.39 is 24.6 Å². The zero-order valence-corrected chi connectivity index (χ0v) is 8.43. The molecule has 0 spiro atoms. The lowest BCUT2D eigenvalue weighted by Gasteiger charge is -2.22. The van der Waals surface area contributed by atoms with Crippen LogP contribution in [0.25, 0.3) is 0 Å². The summed E-state index contributed by atoms with van der Waals surface area (Å²) in [6, 6.07) is 0. The summed E-state index contributed by atoms with van der Waals surface area (Å²) in [6.07, 6.45) is -7.59. The molecule has 0 aliphatic rings. The zero-order valence-electron chi connectivity index (χ0n) is 8.43. The van der Waals surface area contributed by atoms with Crippen LogP contribution in [0.3, 0.4) is 0 Å². The van der Waals surface area contributed by atoms with E-state index in [0.717, 1.165) is 0 Å². The molecule has 0 radical (unpaired) electrons. The van der Waals surface area contributed by atoms with Gasteiger partial charge < -0.3 is 5.11 Å². The Balaban J connectivity index is 4.39. The average molecular weight is 212 g/mol. The molecule has 1 N–H and O–H groups in total. The molecule has 14 heavy (non-hydrogen) atoms. The molecule has 0 rings (SSSR count). The summed E-state index contributed by atoms with van der Waals surface area (Å²) in [5, 5.41) is 8.78. The molecule has 0 fully saturated rings. The quantitative estimate of drug-likeness (QED) is 0.775. The Morgan fingerprint density at radius 3 is 2.00 bits per heavy atom. The van der Waals surface area contributed by atoms with Crippen molar-refractivity contribution in [2.24, 2.45) is 11.8 Å². The van der Waals surface area contributed by atoms with E-state index in [0.29, 0.717) is 0 Å². The third kappa shape index (κ3) is 4.09. The predicted octanol–water partition coefficient (Wildman–Crippen LogP) is 2.16. The second-order valence-corrected chi connectivity index (χ2v) is 3.75. The van der Waals surface area contributed by atoms with Crippen LogP contribution in [0, 0.1) is 11.8 Å². The monoisotopic (exact) mass is 212 g/mol. The van der Waals surface area contributed by atoms with Crippen molar-refractivity contribution in [1.82, 2.24) is 0 Å². The molecule has 0 saturated heterocycles. The fourth-order valence-electron chi connectivity index (χ4n) is 1.28. The SMILES string of the molecule is CC(=O)C(CC(O)C(F)(F)F)C(C)C. The Bertz CT molecular complexity index is 199. The Hall–Kier alpha value is -0.580. The van der Waals surface area contributed by atoms with E-state index in [1.54, 1.807) is 13.8 Å². The first-order valence-electron chi connectivity index (χ1n) is 4.41. The number of halogens is 3.